The first-order valence-corrected chi connectivity index (χ1v) is 7.66. The fourth-order valence-corrected chi connectivity index (χ4v) is 3.28. The molecule has 1 radical (unpaired) electrons. The van der Waals surface area contributed by atoms with Crippen LogP contribution in [0.1, 0.15) is 50.7 Å². The van der Waals surface area contributed by atoms with Gasteiger partial charge in [-0.25, -0.2) is 0 Å². The smallest absolute Gasteiger partial charge is 0.0102 e. The molecule has 0 amide bonds. The van der Waals surface area contributed by atoms with Gasteiger partial charge in [-0.1, -0.05) is 69.3 Å². The van der Waals surface area contributed by atoms with E-state index in [1.807, 2.05) is 0 Å². The Balaban J connectivity index is 1.91. The summed E-state index contributed by atoms with van der Waals surface area (Å²) in [5.74, 6) is 2.85. The fourth-order valence-electron chi connectivity index (χ4n) is 3.28. The number of fused-ring (bicyclic) bond motifs is 3. The van der Waals surface area contributed by atoms with Gasteiger partial charge in [-0.05, 0) is 46.9 Å². The molecular weight excluding hydrogens is 240 g/mol. The average molecular weight is 263 g/mol. The summed E-state index contributed by atoms with van der Waals surface area (Å²) in [6.45, 7) is 6.85. The van der Waals surface area contributed by atoms with Crippen molar-refractivity contribution in [3.8, 4) is 11.1 Å². The lowest BCUT2D eigenvalue weighted by Crippen LogP contribution is -2.05. The Bertz CT molecular complexity index is 549. The van der Waals surface area contributed by atoms with Crippen LogP contribution < -0.4 is 0 Å². The third-order valence-corrected chi connectivity index (χ3v) is 4.84. The molecule has 0 fully saturated rings. The van der Waals surface area contributed by atoms with Crippen molar-refractivity contribution in [3.05, 3.63) is 65.6 Å². The average Bonchev–Trinajstić information content (AvgIpc) is 2.79. The van der Waals surface area contributed by atoms with E-state index in [9.17, 15) is 0 Å². The summed E-state index contributed by atoms with van der Waals surface area (Å²) in [5, 5.41) is 0. The molecule has 0 bridgehead atoms. The molecule has 1 atom stereocenters. The van der Waals surface area contributed by atoms with Crippen molar-refractivity contribution in [2.45, 2.75) is 39.5 Å². The van der Waals surface area contributed by atoms with E-state index in [4.69, 9.17) is 0 Å². The van der Waals surface area contributed by atoms with E-state index in [1.54, 1.807) is 5.92 Å². The summed E-state index contributed by atoms with van der Waals surface area (Å²) in [7, 11) is 0. The van der Waals surface area contributed by atoms with Crippen molar-refractivity contribution in [2.75, 3.05) is 0 Å². The van der Waals surface area contributed by atoms with Crippen LogP contribution >= 0.6 is 0 Å². The van der Waals surface area contributed by atoms with Crippen LogP contribution in [0.3, 0.4) is 0 Å². The van der Waals surface area contributed by atoms with Crippen molar-refractivity contribution in [2.24, 2.45) is 5.92 Å². The molecular formula is C20H23. The summed E-state index contributed by atoms with van der Waals surface area (Å²) < 4.78 is 0. The summed E-state index contributed by atoms with van der Waals surface area (Å²) in [4.78, 5) is 0. The zero-order valence-electron chi connectivity index (χ0n) is 12.7. The van der Waals surface area contributed by atoms with E-state index in [0.29, 0.717) is 5.92 Å². The summed E-state index contributed by atoms with van der Waals surface area (Å²) in [6.07, 6.45) is 2.52. The van der Waals surface area contributed by atoms with E-state index < -0.39 is 0 Å². The molecule has 103 valence electrons. The van der Waals surface area contributed by atoms with Crippen molar-refractivity contribution in [1.29, 1.82) is 0 Å². The van der Waals surface area contributed by atoms with Gasteiger partial charge in [-0.15, -0.1) is 0 Å². The first-order chi connectivity index (χ1) is 9.68. The lowest BCUT2D eigenvalue weighted by molar-refractivity contribution is 0.509. The molecule has 0 heterocycles. The maximum absolute atomic E-state index is 2.35. The van der Waals surface area contributed by atoms with Crippen LogP contribution in [0, 0.1) is 11.8 Å². The normalized spacial score (nSPS) is 15.2. The Morgan fingerprint density at radius 1 is 0.900 bits per heavy atom. The molecule has 0 saturated heterocycles. The number of rotatable bonds is 4. The number of hydrogen-bond acceptors (Lipinski definition) is 0. The third kappa shape index (κ3) is 2.28. The molecule has 0 nitrogen and oxygen atoms in total. The van der Waals surface area contributed by atoms with Gasteiger partial charge in [-0.3, -0.25) is 0 Å². The molecule has 0 aromatic heterocycles. The van der Waals surface area contributed by atoms with E-state index >= 15 is 0 Å². The molecule has 2 aromatic carbocycles. The first kappa shape index (κ1) is 13.4. The van der Waals surface area contributed by atoms with Crippen molar-refractivity contribution >= 4 is 0 Å². The fraction of sp³-hybridized carbons (Fsp3) is 0.350. The van der Waals surface area contributed by atoms with Crippen LogP contribution in [0.2, 0.25) is 0 Å². The molecule has 1 aliphatic rings. The zero-order chi connectivity index (χ0) is 14.1. The Morgan fingerprint density at radius 3 is 1.90 bits per heavy atom. The van der Waals surface area contributed by atoms with E-state index in [0.717, 1.165) is 5.92 Å². The van der Waals surface area contributed by atoms with Gasteiger partial charge >= 0.3 is 0 Å². The Labute approximate surface area is 122 Å². The highest BCUT2D eigenvalue weighted by molar-refractivity contribution is 5.78. The second kappa shape index (κ2) is 5.44. The second-order valence-corrected chi connectivity index (χ2v) is 6.28. The Morgan fingerprint density at radius 2 is 1.40 bits per heavy atom. The number of hydrogen-bond donors (Lipinski definition) is 0. The highest BCUT2D eigenvalue weighted by Crippen LogP contribution is 2.47. The summed E-state index contributed by atoms with van der Waals surface area (Å²) >= 11 is 0. The maximum Gasteiger partial charge on any atom is 0.0102 e. The molecule has 0 aliphatic heterocycles. The highest BCUT2D eigenvalue weighted by Gasteiger charge is 2.28. The van der Waals surface area contributed by atoms with Crippen molar-refractivity contribution in [3.63, 3.8) is 0 Å². The molecule has 2 aromatic rings. The number of benzene rings is 2. The predicted molar refractivity (Wildman–Crippen MR) is 86.7 cm³/mol. The van der Waals surface area contributed by atoms with Gasteiger partial charge in [0.05, 0.1) is 0 Å². The maximum atomic E-state index is 2.35. The van der Waals surface area contributed by atoms with Crippen molar-refractivity contribution < 1.29 is 0 Å². The monoisotopic (exact) mass is 263 g/mol. The van der Waals surface area contributed by atoms with Gasteiger partial charge in [0.25, 0.3) is 0 Å². The Kier molecular flexibility index (Phi) is 3.65. The molecule has 1 aliphatic carbocycles. The zero-order valence-corrected chi connectivity index (χ0v) is 12.7. The van der Waals surface area contributed by atoms with E-state index in [2.05, 4.69) is 69.3 Å². The second-order valence-electron chi connectivity index (χ2n) is 6.28. The molecule has 0 saturated carbocycles. The molecule has 0 N–H and O–H groups in total. The lowest BCUT2D eigenvalue weighted by Gasteiger charge is -2.19. The van der Waals surface area contributed by atoms with Gasteiger partial charge in [0.2, 0.25) is 0 Å². The van der Waals surface area contributed by atoms with Gasteiger partial charge in [0.15, 0.2) is 0 Å². The van der Waals surface area contributed by atoms with Crippen LogP contribution in [0.4, 0.5) is 0 Å². The van der Waals surface area contributed by atoms with Gasteiger partial charge in [-0.2, -0.15) is 0 Å². The molecule has 1 unspecified atom stereocenters. The van der Waals surface area contributed by atoms with Crippen LogP contribution in [0.25, 0.3) is 11.1 Å². The SMILES string of the molecule is C[C](C)C(C)CCC1c2ccccc2-c2ccccc21. The largest absolute Gasteiger partial charge is 0.0620 e. The van der Waals surface area contributed by atoms with Crippen LogP contribution in [-0.2, 0) is 0 Å². The standard InChI is InChI=1S/C20H23/c1-14(2)15(3)12-13-20-18-10-6-4-8-16(18)17-9-5-7-11-19(17)20/h4-11,15,20H,12-13H2,1-3H3. The topological polar surface area (TPSA) is 0 Å². The van der Waals surface area contributed by atoms with Gasteiger partial charge in [0, 0.05) is 5.92 Å². The lowest BCUT2D eigenvalue weighted by atomic mass is 9.85. The minimum Gasteiger partial charge on any atom is -0.0620 e. The van der Waals surface area contributed by atoms with E-state index in [1.165, 1.54) is 35.1 Å². The minimum absolute atomic E-state index is 0.587. The minimum atomic E-state index is 0.587. The highest BCUT2D eigenvalue weighted by atomic mass is 14.3. The molecule has 0 spiro atoms. The first-order valence-electron chi connectivity index (χ1n) is 7.66. The van der Waals surface area contributed by atoms with Gasteiger partial charge < -0.3 is 0 Å². The molecule has 20 heavy (non-hydrogen) atoms. The quantitative estimate of drug-likeness (QED) is 0.651. The van der Waals surface area contributed by atoms with Gasteiger partial charge in [0.1, 0.15) is 0 Å². The third-order valence-electron chi connectivity index (χ3n) is 4.84. The Hall–Kier alpha value is -1.56. The van der Waals surface area contributed by atoms with Crippen LogP contribution in [-0.4, -0.2) is 0 Å². The predicted octanol–water partition coefficient (Wildman–Crippen LogP) is 5.83. The van der Waals surface area contributed by atoms with E-state index in [-0.39, 0.29) is 0 Å². The van der Waals surface area contributed by atoms with Crippen LogP contribution in [0.15, 0.2) is 48.5 Å². The van der Waals surface area contributed by atoms with Crippen molar-refractivity contribution in [1.82, 2.24) is 0 Å². The summed E-state index contributed by atoms with van der Waals surface area (Å²) in [6, 6.07) is 17.8. The molecule has 3 rings (SSSR count). The van der Waals surface area contributed by atoms with Crippen LogP contribution in [0.5, 0.6) is 0 Å². The summed E-state index contributed by atoms with van der Waals surface area (Å²) in [5.41, 5.74) is 5.93. The molecule has 0 heteroatoms.